The normalized spacial score (nSPS) is 30.6. The summed E-state index contributed by atoms with van der Waals surface area (Å²) in [7, 11) is 0. The van der Waals surface area contributed by atoms with Crippen molar-refractivity contribution in [2.24, 2.45) is 0 Å². The Morgan fingerprint density at radius 2 is 0.740 bits per heavy atom. The maximum Gasteiger partial charge on any atom is 0.220 e. The number of aliphatic hydroxyl groups is 11. The van der Waals surface area contributed by atoms with Gasteiger partial charge in [-0.15, -0.1) is 0 Å². The number of aliphatic hydroxyl groups excluding tert-OH is 11. The van der Waals surface area contributed by atoms with Gasteiger partial charge >= 0.3 is 0 Å². The largest absolute Gasteiger partial charge is 0.394 e. The van der Waals surface area contributed by atoms with Gasteiger partial charge in [0.1, 0.15) is 73.2 Å². The van der Waals surface area contributed by atoms with Crippen LogP contribution in [-0.2, 0) is 33.2 Å². The second-order valence-electron chi connectivity index (χ2n) is 22.5. The molecule has 3 aliphatic rings. The van der Waals surface area contributed by atoms with E-state index in [1.807, 2.05) is 0 Å². The number of carbonyl (C=O) groups excluding carboxylic acids is 1. The maximum absolute atomic E-state index is 13.2. The fourth-order valence-electron chi connectivity index (χ4n) is 10.8. The van der Waals surface area contributed by atoms with Crippen molar-refractivity contribution in [2.75, 3.05) is 26.4 Å². The molecule has 3 heterocycles. The first-order valence-corrected chi connectivity index (χ1v) is 30.8. The number of amides is 1. The molecule has 0 bridgehead atoms. The first kappa shape index (κ1) is 70.1. The summed E-state index contributed by atoms with van der Waals surface area (Å²) < 4.78 is 34.2. The van der Waals surface area contributed by atoms with E-state index in [0.717, 1.165) is 57.8 Å². The Bertz CT molecular complexity index is 1420. The highest BCUT2D eigenvalue weighted by molar-refractivity contribution is 5.76. The summed E-state index contributed by atoms with van der Waals surface area (Å²) in [6, 6.07) is -0.878. The Morgan fingerprint density at radius 3 is 1.13 bits per heavy atom. The van der Waals surface area contributed by atoms with Gasteiger partial charge in [-0.2, -0.15) is 0 Å². The predicted molar refractivity (Wildman–Crippen MR) is 291 cm³/mol. The third-order valence-corrected chi connectivity index (χ3v) is 15.9. The summed E-state index contributed by atoms with van der Waals surface area (Å²) in [5.74, 6) is -0.250. The summed E-state index contributed by atoms with van der Waals surface area (Å²) in [5, 5.41) is 120. The van der Waals surface area contributed by atoms with Gasteiger partial charge in [-0.3, -0.25) is 4.79 Å². The SMILES string of the molecule is CCCCCCCCCCCCCCCCCCCCCCCCCCCCC(O)C(COC1OC(CO)C(OC2OC(CO)C(OC3OC(CO)C(O)C(O)C3O)C(O)C2O)C(O)C1O)NC(=O)CCCCCCCC. The first-order chi connectivity index (χ1) is 37.3. The highest BCUT2D eigenvalue weighted by atomic mass is 16.8. The highest BCUT2D eigenvalue weighted by Gasteiger charge is 2.53. The lowest BCUT2D eigenvalue weighted by molar-refractivity contribution is -0.379. The molecule has 0 aliphatic carbocycles. The molecule has 17 unspecified atom stereocenters. The summed E-state index contributed by atoms with van der Waals surface area (Å²) in [4.78, 5) is 13.2. The van der Waals surface area contributed by atoms with Crippen molar-refractivity contribution in [1.29, 1.82) is 0 Å². The van der Waals surface area contributed by atoms with E-state index >= 15 is 0 Å². The molecule has 0 saturated carbocycles. The van der Waals surface area contributed by atoms with Crippen LogP contribution >= 0.6 is 0 Å². The van der Waals surface area contributed by atoms with Crippen LogP contribution in [0.25, 0.3) is 0 Å². The van der Waals surface area contributed by atoms with Crippen molar-refractivity contribution in [1.82, 2.24) is 5.32 Å². The molecule has 17 atom stereocenters. The average molecular weight is 1110 g/mol. The highest BCUT2D eigenvalue weighted by Crippen LogP contribution is 2.33. The van der Waals surface area contributed by atoms with Crippen molar-refractivity contribution in [3.05, 3.63) is 0 Å². The molecule has 19 heteroatoms. The Hall–Kier alpha value is -1.21. The van der Waals surface area contributed by atoms with Crippen LogP contribution in [0.2, 0.25) is 0 Å². The lowest BCUT2D eigenvalue weighted by atomic mass is 9.96. The van der Waals surface area contributed by atoms with Crippen molar-refractivity contribution in [2.45, 2.75) is 336 Å². The van der Waals surface area contributed by atoms with Gasteiger partial charge in [0.15, 0.2) is 18.9 Å². The molecule has 3 fully saturated rings. The molecule has 3 rings (SSSR count). The van der Waals surface area contributed by atoms with Gasteiger partial charge in [0.2, 0.25) is 5.91 Å². The molecule has 1 amide bonds. The number of hydrogen-bond donors (Lipinski definition) is 12. The molecular weight excluding hydrogens is 999 g/mol. The molecule has 77 heavy (non-hydrogen) atoms. The zero-order chi connectivity index (χ0) is 56.2. The van der Waals surface area contributed by atoms with E-state index in [2.05, 4.69) is 19.2 Å². The molecule has 0 aromatic carbocycles. The van der Waals surface area contributed by atoms with E-state index in [1.165, 1.54) is 141 Å². The fourth-order valence-corrected chi connectivity index (χ4v) is 10.8. The minimum absolute atomic E-state index is 0.250. The Morgan fingerprint density at radius 1 is 0.416 bits per heavy atom. The van der Waals surface area contributed by atoms with Gasteiger partial charge in [0.05, 0.1) is 38.6 Å². The molecule has 0 aromatic rings. The number of carbonyl (C=O) groups is 1. The predicted octanol–water partition coefficient (Wildman–Crippen LogP) is 5.60. The van der Waals surface area contributed by atoms with Gasteiger partial charge in [0, 0.05) is 6.42 Å². The minimum Gasteiger partial charge on any atom is -0.394 e. The van der Waals surface area contributed by atoms with Crippen LogP contribution in [0.1, 0.15) is 232 Å². The molecule has 3 aliphatic heterocycles. The second kappa shape index (κ2) is 42.6. The summed E-state index contributed by atoms with van der Waals surface area (Å²) in [6.07, 6.45) is 14.0. The van der Waals surface area contributed by atoms with Crippen LogP contribution in [0, 0.1) is 0 Å². The van der Waals surface area contributed by atoms with Gasteiger partial charge in [0.25, 0.3) is 0 Å². The van der Waals surface area contributed by atoms with Gasteiger partial charge in [-0.05, 0) is 12.8 Å². The van der Waals surface area contributed by atoms with Gasteiger partial charge in [-0.25, -0.2) is 0 Å². The minimum atomic E-state index is -1.97. The summed E-state index contributed by atoms with van der Waals surface area (Å²) in [6.45, 7) is 1.73. The summed E-state index contributed by atoms with van der Waals surface area (Å²) in [5.41, 5.74) is 0. The maximum atomic E-state index is 13.2. The Balaban J connectivity index is 1.38. The van der Waals surface area contributed by atoms with Crippen molar-refractivity contribution < 1.29 is 89.4 Å². The topological polar surface area (TPSA) is 307 Å². The zero-order valence-corrected chi connectivity index (χ0v) is 47.5. The third kappa shape index (κ3) is 26.7. The van der Waals surface area contributed by atoms with Crippen LogP contribution in [0.3, 0.4) is 0 Å². The third-order valence-electron chi connectivity index (χ3n) is 15.9. The van der Waals surface area contributed by atoms with Crippen LogP contribution in [0.4, 0.5) is 0 Å². The van der Waals surface area contributed by atoms with E-state index in [-0.39, 0.29) is 18.9 Å². The average Bonchev–Trinajstić information content (AvgIpc) is 3.43. The smallest absolute Gasteiger partial charge is 0.220 e. The monoisotopic (exact) mass is 1110 g/mol. The lowest BCUT2D eigenvalue weighted by Crippen LogP contribution is -2.66. The van der Waals surface area contributed by atoms with Crippen LogP contribution in [0.15, 0.2) is 0 Å². The summed E-state index contributed by atoms with van der Waals surface area (Å²) >= 11 is 0. The lowest BCUT2D eigenvalue weighted by Gasteiger charge is -2.48. The number of unbranched alkanes of at least 4 members (excludes halogenated alkanes) is 30. The Labute approximate surface area is 462 Å². The number of ether oxygens (including phenoxy) is 6. The molecule has 19 nitrogen and oxygen atoms in total. The van der Waals surface area contributed by atoms with E-state index in [1.54, 1.807) is 0 Å². The van der Waals surface area contributed by atoms with E-state index in [9.17, 15) is 61.0 Å². The number of rotatable bonds is 46. The number of nitrogens with one attached hydrogen (secondary N) is 1. The molecule has 0 radical (unpaired) electrons. The fraction of sp³-hybridized carbons (Fsp3) is 0.983. The van der Waals surface area contributed by atoms with Gasteiger partial charge in [-0.1, -0.05) is 213 Å². The molecular formula is C58H111NO18. The Kier molecular flexibility index (Phi) is 38.7. The van der Waals surface area contributed by atoms with Crippen LogP contribution < -0.4 is 5.32 Å². The number of hydrogen-bond acceptors (Lipinski definition) is 18. The standard InChI is InChI=1S/C58H111NO18/c1-3-5-7-9-11-12-13-14-15-16-17-18-19-20-21-22-23-24-25-26-27-28-29-30-31-33-35-42(63)41(59-46(64)36-34-32-10-8-6-4-2)40-72-56-52(70)49(67)54(44(38-61)74-56)77-58-53(71)50(68)55(45(39-62)75-58)76-57-51(69)48(66)47(65)43(37-60)73-57/h41-45,47-58,60-63,65-71H,3-40H2,1-2H3,(H,59,64). The van der Waals surface area contributed by atoms with Crippen molar-refractivity contribution >= 4 is 5.91 Å². The molecule has 456 valence electrons. The second-order valence-corrected chi connectivity index (χ2v) is 22.5. The quantitative estimate of drug-likeness (QED) is 0.0330. The van der Waals surface area contributed by atoms with E-state index in [4.69, 9.17) is 28.4 Å². The van der Waals surface area contributed by atoms with Crippen molar-refractivity contribution in [3.8, 4) is 0 Å². The molecule has 0 aromatic heterocycles. The van der Waals surface area contributed by atoms with Crippen LogP contribution in [0.5, 0.6) is 0 Å². The van der Waals surface area contributed by atoms with E-state index < -0.39 is 124 Å². The van der Waals surface area contributed by atoms with Gasteiger partial charge < -0.3 is 89.9 Å². The zero-order valence-electron chi connectivity index (χ0n) is 47.5. The molecule has 0 spiro atoms. The van der Waals surface area contributed by atoms with Crippen LogP contribution in [-0.4, -0.2) is 193 Å². The molecule has 12 N–H and O–H groups in total. The first-order valence-electron chi connectivity index (χ1n) is 30.8. The molecule has 3 saturated heterocycles. The van der Waals surface area contributed by atoms with Crippen molar-refractivity contribution in [3.63, 3.8) is 0 Å². The van der Waals surface area contributed by atoms with E-state index in [0.29, 0.717) is 12.8 Å².